The van der Waals surface area contributed by atoms with Gasteiger partial charge in [-0.25, -0.2) is 4.98 Å². The largest absolute Gasteiger partial charge is 0.337 e. The summed E-state index contributed by atoms with van der Waals surface area (Å²) >= 11 is 4.72. The van der Waals surface area contributed by atoms with Crippen molar-refractivity contribution in [3.05, 3.63) is 51.6 Å². The Bertz CT molecular complexity index is 715. The maximum atomic E-state index is 12.0. The number of aromatic nitrogens is 1. The molecule has 1 aromatic heterocycles. The number of thiazole rings is 1. The maximum Gasteiger partial charge on any atom is 0.267 e. The van der Waals surface area contributed by atoms with Crippen LogP contribution in [-0.2, 0) is 4.79 Å². The van der Waals surface area contributed by atoms with E-state index in [0.717, 1.165) is 10.2 Å². The third-order valence-electron chi connectivity index (χ3n) is 2.43. The molecular formula is C14H11BrN4OS. The molecule has 1 amide bonds. The van der Waals surface area contributed by atoms with Gasteiger partial charge in [0, 0.05) is 21.7 Å². The first-order valence-corrected chi connectivity index (χ1v) is 7.61. The Kier molecular flexibility index (Phi) is 5.09. The summed E-state index contributed by atoms with van der Waals surface area (Å²) in [7, 11) is 0. The van der Waals surface area contributed by atoms with Crippen LogP contribution in [-0.4, -0.2) is 10.9 Å². The Hall–Kier alpha value is -2.17. The van der Waals surface area contributed by atoms with Crippen LogP contribution in [0, 0.1) is 18.3 Å². The number of nitrogens with zero attached hydrogens (tertiary/aromatic N) is 2. The SMILES string of the molecule is Cc1csc(N/C=C(/C#N)C(=O)Nc2ccc(Br)cc2)n1. The molecule has 0 radical (unpaired) electrons. The second kappa shape index (κ2) is 7.02. The van der Waals surface area contributed by atoms with Gasteiger partial charge in [0.15, 0.2) is 5.13 Å². The zero-order chi connectivity index (χ0) is 15.2. The van der Waals surface area contributed by atoms with E-state index < -0.39 is 5.91 Å². The van der Waals surface area contributed by atoms with Crippen LogP contribution >= 0.6 is 27.3 Å². The molecule has 2 N–H and O–H groups in total. The van der Waals surface area contributed by atoms with Crippen LogP contribution in [0.3, 0.4) is 0 Å². The Balaban J connectivity index is 2.04. The predicted molar refractivity (Wildman–Crippen MR) is 86.9 cm³/mol. The number of rotatable bonds is 4. The summed E-state index contributed by atoms with van der Waals surface area (Å²) in [5.74, 6) is -0.472. The van der Waals surface area contributed by atoms with Crippen LogP contribution in [0.4, 0.5) is 10.8 Å². The van der Waals surface area contributed by atoms with Gasteiger partial charge in [0.25, 0.3) is 5.91 Å². The van der Waals surface area contributed by atoms with E-state index in [2.05, 4.69) is 31.5 Å². The lowest BCUT2D eigenvalue weighted by Crippen LogP contribution is -2.14. The number of amides is 1. The number of hydrogen-bond acceptors (Lipinski definition) is 5. The second-order valence-corrected chi connectivity index (χ2v) is 5.84. The van der Waals surface area contributed by atoms with Crippen molar-refractivity contribution in [3.63, 3.8) is 0 Å². The molecule has 0 saturated carbocycles. The van der Waals surface area contributed by atoms with Gasteiger partial charge >= 0.3 is 0 Å². The van der Waals surface area contributed by atoms with Gasteiger partial charge < -0.3 is 10.6 Å². The van der Waals surface area contributed by atoms with Gasteiger partial charge in [0.2, 0.25) is 0 Å². The predicted octanol–water partition coefficient (Wildman–Crippen LogP) is 3.67. The number of nitrogens with one attached hydrogen (secondary N) is 2. The highest BCUT2D eigenvalue weighted by molar-refractivity contribution is 9.10. The molecule has 2 rings (SSSR count). The molecule has 7 heteroatoms. The molecular weight excluding hydrogens is 352 g/mol. The topological polar surface area (TPSA) is 77.8 Å². The van der Waals surface area contributed by atoms with Crippen LogP contribution in [0.1, 0.15) is 5.69 Å². The summed E-state index contributed by atoms with van der Waals surface area (Å²) in [6, 6.07) is 8.97. The number of carbonyl (C=O) groups is 1. The molecule has 2 aromatic rings. The van der Waals surface area contributed by atoms with Crippen LogP contribution in [0.5, 0.6) is 0 Å². The Morgan fingerprint density at radius 2 is 2.14 bits per heavy atom. The third kappa shape index (κ3) is 4.41. The Morgan fingerprint density at radius 1 is 1.43 bits per heavy atom. The quantitative estimate of drug-likeness (QED) is 0.642. The van der Waals surface area contributed by atoms with Gasteiger partial charge in [0.1, 0.15) is 11.6 Å². The lowest BCUT2D eigenvalue weighted by molar-refractivity contribution is -0.112. The zero-order valence-corrected chi connectivity index (χ0v) is 13.5. The van der Waals surface area contributed by atoms with Gasteiger partial charge in [-0.05, 0) is 31.2 Å². The molecule has 21 heavy (non-hydrogen) atoms. The van der Waals surface area contributed by atoms with Gasteiger partial charge in [-0.3, -0.25) is 4.79 Å². The van der Waals surface area contributed by atoms with E-state index in [4.69, 9.17) is 5.26 Å². The average Bonchev–Trinajstić information content (AvgIpc) is 2.88. The van der Waals surface area contributed by atoms with E-state index in [1.807, 2.05) is 30.5 Å². The van der Waals surface area contributed by atoms with Crippen molar-refractivity contribution in [1.82, 2.24) is 4.98 Å². The molecule has 0 aliphatic carbocycles. The summed E-state index contributed by atoms with van der Waals surface area (Å²) in [5, 5.41) is 17.1. The molecule has 106 valence electrons. The Labute approximate surface area is 134 Å². The highest BCUT2D eigenvalue weighted by atomic mass is 79.9. The molecule has 0 saturated heterocycles. The minimum absolute atomic E-state index is 0.0224. The number of benzene rings is 1. The first-order valence-electron chi connectivity index (χ1n) is 5.94. The molecule has 0 spiro atoms. The summed E-state index contributed by atoms with van der Waals surface area (Å²) < 4.78 is 0.914. The minimum atomic E-state index is -0.472. The van der Waals surface area contributed by atoms with Crippen LogP contribution in [0.2, 0.25) is 0 Å². The van der Waals surface area contributed by atoms with E-state index in [-0.39, 0.29) is 5.57 Å². The smallest absolute Gasteiger partial charge is 0.267 e. The van der Waals surface area contributed by atoms with Crippen molar-refractivity contribution in [1.29, 1.82) is 5.26 Å². The van der Waals surface area contributed by atoms with E-state index in [9.17, 15) is 4.79 Å². The van der Waals surface area contributed by atoms with Gasteiger partial charge in [-0.2, -0.15) is 5.26 Å². The number of halogens is 1. The van der Waals surface area contributed by atoms with E-state index in [0.29, 0.717) is 10.8 Å². The third-order valence-corrected chi connectivity index (χ3v) is 3.85. The number of anilines is 2. The second-order valence-electron chi connectivity index (χ2n) is 4.07. The van der Waals surface area contributed by atoms with Crippen LogP contribution in [0.15, 0.2) is 45.9 Å². The molecule has 0 aliphatic heterocycles. The molecule has 0 aliphatic rings. The minimum Gasteiger partial charge on any atom is -0.337 e. The average molecular weight is 363 g/mol. The van der Waals surface area contributed by atoms with E-state index in [1.54, 1.807) is 12.1 Å². The first-order chi connectivity index (χ1) is 10.1. The monoisotopic (exact) mass is 362 g/mol. The Morgan fingerprint density at radius 3 is 2.71 bits per heavy atom. The summed E-state index contributed by atoms with van der Waals surface area (Å²) in [6.07, 6.45) is 1.35. The zero-order valence-electron chi connectivity index (χ0n) is 11.1. The molecule has 0 bridgehead atoms. The standard InChI is InChI=1S/C14H11BrN4OS/c1-9-8-21-14(18-9)17-7-10(6-16)13(20)19-12-4-2-11(15)3-5-12/h2-5,7-8H,1H3,(H,17,18)(H,19,20)/b10-7-. The van der Waals surface area contributed by atoms with Crippen LogP contribution < -0.4 is 10.6 Å². The number of hydrogen-bond donors (Lipinski definition) is 2. The van der Waals surface area contributed by atoms with E-state index >= 15 is 0 Å². The summed E-state index contributed by atoms with van der Waals surface area (Å²) in [4.78, 5) is 16.2. The fourth-order valence-corrected chi connectivity index (χ4v) is 2.36. The first kappa shape index (κ1) is 15.2. The summed E-state index contributed by atoms with van der Waals surface area (Å²) in [5.41, 5.74) is 1.48. The maximum absolute atomic E-state index is 12.0. The lowest BCUT2D eigenvalue weighted by atomic mass is 10.2. The molecule has 5 nitrogen and oxygen atoms in total. The van der Waals surface area contributed by atoms with Gasteiger partial charge in [-0.15, -0.1) is 11.3 Å². The number of nitriles is 1. The molecule has 1 heterocycles. The van der Waals surface area contributed by atoms with Crippen molar-refractivity contribution >= 4 is 44.0 Å². The normalized spacial score (nSPS) is 10.8. The van der Waals surface area contributed by atoms with Crippen molar-refractivity contribution in [2.45, 2.75) is 6.92 Å². The number of aryl methyl sites for hydroxylation is 1. The fourth-order valence-electron chi connectivity index (χ4n) is 1.43. The molecule has 0 fully saturated rings. The van der Waals surface area contributed by atoms with Crippen molar-refractivity contribution < 1.29 is 4.79 Å². The fraction of sp³-hybridized carbons (Fsp3) is 0.0714. The molecule has 1 aromatic carbocycles. The van der Waals surface area contributed by atoms with Crippen molar-refractivity contribution in [2.75, 3.05) is 10.6 Å². The molecule has 0 unspecified atom stereocenters. The number of carbonyl (C=O) groups excluding carboxylic acids is 1. The highest BCUT2D eigenvalue weighted by Crippen LogP contribution is 2.16. The van der Waals surface area contributed by atoms with Crippen LogP contribution in [0.25, 0.3) is 0 Å². The van der Waals surface area contributed by atoms with Crippen molar-refractivity contribution in [2.24, 2.45) is 0 Å². The van der Waals surface area contributed by atoms with Crippen molar-refractivity contribution in [3.8, 4) is 6.07 Å². The van der Waals surface area contributed by atoms with Gasteiger partial charge in [0.05, 0.1) is 5.69 Å². The summed E-state index contributed by atoms with van der Waals surface area (Å²) in [6.45, 7) is 1.87. The molecule has 0 atom stereocenters. The van der Waals surface area contributed by atoms with E-state index in [1.165, 1.54) is 17.5 Å². The lowest BCUT2D eigenvalue weighted by Gasteiger charge is -2.04. The highest BCUT2D eigenvalue weighted by Gasteiger charge is 2.09. The van der Waals surface area contributed by atoms with Gasteiger partial charge in [-0.1, -0.05) is 15.9 Å².